The van der Waals surface area contributed by atoms with Crippen molar-refractivity contribution in [2.24, 2.45) is 0 Å². The summed E-state index contributed by atoms with van der Waals surface area (Å²) >= 11 is 0. The van der Waals surface area contributed by atoms with Crippen molar-refractivity contribution in [3.8, 4) is 0 Å². The summed E-state index contributed by atoms with van der Waals surface area (Å²) in [7, 11) is 0. The summed E-state index contributed by atoms with van der Waals surface area (Å²) in [6.45, 7) is 6.42. The Morgan fingerprint density at radius 1 is 1.14 bits per heavy atom. The Balaban J connectivity index is 1.57. The number of rotatable bonds is 5. The molecule has 7 heteroatoms. The molecular formula is C22H25N5O2. The number of pyridine rings is 2. The minimum atomic E-state index is -0.113. The lowest BCUT2D eigenvalue weighted by Gasteiger charge is -2.24. The van der Waals surface area contributed by atoms with Gasteiger partial charge in [0.1, 0.15) is 11.6 Å². The molecule has 4 rings (SSSR count). The molecule has 29 heavy (non-hydrogen) atoms. The maximum Gasteiger partial charge on any atom is 0.292 e. The number of amides is 1. The van der Waals surface area contributed by atoms with Gasteiger partial charge in [-0.3, -0.25) is 4.79 Å². The van der Waals surface area contributed by atoms with Crippen LogP contribution in [0.5, 0.6) is 0 Å². The van der Waals surface area contributed by atoms with E-state index in [1.54, 1.807) is 0 Å². The quantitative estimate of drug-likeness (QED) is 0.695. The first-order valence-corrected chi connectivity index (χ1v) is 10.00. The molecule has 0 bridgehead atoms. The van der Waals surface area contributed by atoms with Crippen molar-refractivity contribution in [2.75, 3.05) is 11.9 Å². The molecule has 1 N–H and O–H groups in total. The lowest BCUT2D eigenvalue weighted by Crippen LogP contribution is -2.31. The van der Waals surface area contributed by atoms with E-state index in [2.05, 4.69) is 15.3 Å². The molecule has 1 saturated heterocycles. The topological polar surface area (TPSA) is 84.2 Å². The summed E-state index contributed by atoms with van der Waals surface area (Å²) in [5.41, 5.74) is 2.44. The maximum absolute atomic E-state index is 13.1. The van der Waals surface area contributed by atoms with Crippen LogP contribution in [-0.4, -0.2) is 32.3 Å². The molecule has 1 aliphatic heterocycles. The van der Waals surface area contributed by atoms with Gasteiger partial charge in [0.25, 0.3) is 5.91 Å². The molecule has 0 unspecified atom stereocenters. The standard InChI is InChI=1S/C22H25N5O2/c1-4-20-24-15(3)21(29-20)22(28)27-13-7-10-17(27)16-9-6-12-19(25-16)26-18-11-5-8-14(2)23-18/h5-6,8-9,11-12,17H,4,7,10,13H2,1-3H3,(H,23,25,26)/t17-/m1/s1. The number of anilines is 2. The van der Waals surface area contributed by atoms with Gasteiger partial charge < -0.3 is 14.6 Å². The second-order valence-electron chi connectivity index (χ2n) is 7.27. The van der Waals surface area contributed by atoms with E-state index in [0.29, 0.717) is 36.1 Å². The van der Waals surface area contributed by atoms with Gasteiger partial charge in [0.2, 0.25) is 5.76 Å². The molecule has 0 radical (unpaired) electrons. The Labute approximate surface area is 170 Å². The van der Waals surface area contributed by atoms with Crippen LogP contribution in [0.4, 0.5) is 11.6 Å². The van der Waals surface area contributed by atoms with Crippen LogP contribution in [-0.2, 0) is 6.42 Å². The lowest BCUT2D eigenvalue weighted by atomic mass is 10.1. The zero-order chi connectivity index (χ0) is 20.4. The number of carbonyl (C=O) groups is 1. The smallest absolute Gasteiger partial charge is 0.292 e. The van der Waals surface area contributed by atoms with Crippen molar-refractivity contribution in [1.82, 2.24) is 19.9 Å². The summed E-state index contributed by atoms with van der Waals surface area (Å²) in [4.78, 5) is 28.5. The van der Waals surface area contributed by atoms with Crippen LogP contribution < -0.4 is 5.32 Å². The van der Waals surface area contributed by atoms with Crippen LogP contribution in [0, 0.1) is 13.8 Å². The Hall–Kier alpha value is -3.22. The zero-order valence-corrected chi connectivity index (χ0v) is 17.0. The zero-order valence-electron chi connectivity index (χ0n) is 17.0. The van der Waals surface area contributed by atoms with Gasteiger partial charge in [-0.1, -0.05) is 19.1 Å². The second kappa shape index (κ2) is 8.03. The average Bonchev–Trinajstić information content (AvgIpc) is 3.34. The fraction of sp³-hybridized carbons (Fsp3) is 0.364. The van der Waals surface area contributed by atoms with Crippen LogP contribution in [0.25, 0.3) is 0 Å². The maximum atomic E-state index is 13.1. The van der Waals surface area contributed by atoms with Crippen molar-refractivity contribution in [3.05, 3.63) is 65.1 Å². The molecule has 1 aliphatic rings. The van der Waals surface area contributed by atoms with Crippen LogP contribution >= 0.6 is 0 Å². The van der Waals surface area contributed by atoms with Gasteiger partial charge in [-0.25, -0.2) is 15.0 Å². The average molecular weight is 391 g/mol. The van der Waals surface area contributed by atoms with Crippen LogP contribution in [0.3, 0.4) is 0 Å². The molecule has 0 spiro atoms. The molecule has 4 heterocycles. The first kappa shape index (κ1) is 19.1. The number of aromatic nitrogens is 3. The predicted molar refractivity (Wildman–Crippen MR) is 110 cm³/mol. The molecule has 0 saturated carbocycles. The molecule has 150 valence electrons. The number of nitrogens with one attached hydrogen (secondary N) is 1. The number of nitrogens with zero attached hydrogens (tertiary/aromatic N) is 4. The summed E-state index contributed by atoms with van der Waals surface area (Å²) < 4.78 is 5.69. The Kier molecular flexibility index (Phi) is 5.29. The van der Waals surface area contributed by atoms with Gasteiger partial charge in [0.15, 0.2) is 5.89 Å². The number of carbonyl (C=O) groups excluding carboxylic acids is 1. The Morgan fingerprint density at radius 3 is 2.62 bits per heavy atom. The molecular weight excluding hydrogens is 366 g/mol. The van der Waals surface area contributed by atoms with E-state index in [-0.39, 0.29) is 11.9 Å². The molecule has 1 fully saturated rings. The number of hydrogen-bond acceptors (Lipinski definition) is 6. The Morgan fingerprint density at radius 2 is 1.90 bits per heavy atom. The van der Waals surface area contributed by atoms with Crippen molar-refractivity contribution >= 4 is 17.5 Å². The predicted octanol–water partition coefficient (Wildman–Crippen LogP) is 4.36. The fourth-order valence-corrected chi connectivity index (χ4v) is 3.70. The van der Waals surface area contributed by atoms with E-state index >= 15 is 0 Å². The summed E-state index contributed by atoms with van der Waals surface area (Å²) in [5, 5.41) is 3.25. The van der Waals surface area contributed by atoms with Crippen LogP contribution in [0.15, 0.2) is 40.8 Å². The third-order valence-electron chi connectivity index (χ3n) is 5.11. The third-order valence-corrected chi connectivity index (χ3v) is 5.11. The highest BCUT2D eigenvalue weighted by Crippen LogP contribution is 2.33. The number of oxazole rings is 1. The molecule has 3 aromatic heterocycles. The fourth-order valence-electron chi connectivity index (χ4n) is 3.70. The molecule has 0 aliphatic carbocycles. The number of hydrogen-bond donors (Lipinski definition) is 1. The van der Waals surface area contributed by atoms with E-state index < -0.39 is 0 Å². The summed E-state index contributed by atoms with van der Waals surface area (Å²) in [6.07, 6.45) is 2.47. The van der Waals surface area contributed by atoms with Crippen molar-refractivity contribution in [1.29, 1.82) is 0 Å². The first-order valence-electron chi connectivity index (χ1n) is 10.00. The van der Waals surface area contributed by atoms with E-state index in [9.17, 15) is 4.79 Å². The number of aryl methyl sites for hydroxylation is 3. The van der Waals surface area contributed by atoms with Gasteiger partial charge >= 0.3 is 0 Å². The number of likely N-dealkylation sites (tertiary alicyclic amines) is 1. The minimum Gasteiger partial charge on any atom is -0.435 e. The molecule has 0 aromatic carbocycles. The summed E-state index contributed by atoms with van der Waals surface area (Å²) in [6, 6.07) is 11.6. The minimum absolute atomic E-state index is 0.0794. The van der Waals surface area contributed by atoms with Crippen molar-refractivity contribution in [3.63, 3.8) is 0 Å². The summed E-state index contributed by atoms with van der Waals surface area (Å²) in [5.74, 6) is 2.28. The van der Waals surface area contributed by atoms with Crippen molar-refractivity contribution in [2.45, 2.75) is 46.1 Å². The SMILES string of the molecule is CCc1nc(C)c(C(=O)N2CCC[C@@H]2c2cccc(Nc3cccc(C)n3)n2)o1. The highest BCUT2D eigenvalue weighted by Gasteiger charge is 2.34. The van der Waals surface area contributed by atoms with E-state index in [4.69, 9.17) is 9.40 Å². The van der Waals surface area contributed by atoms with E-state index in [1.165, 1.54) is 0 Å². The first-order chi connectivity index (χ1) is 14.0. The van der Waals surface area contributed by atoms with Gasteiger partial charge in [-0.15, -0.1) is 0 Å². The van der Waals surface area contributed by atoms with E-state index in [0.717, 1.165) is 30.0 Å². The van der Waals surface area contributed by atoms with Gasteiger partial charge in [0, 0.05) is 18.7 Å². The van der Waals surface area contributed by atoms with Gasteiger partial charge in [-0.2, -0.15) is 0 Å². The Bertz CT molecular complexity index is 1030. The van der Waals surface area contributed by atoms with E-state index in [1.807, 2.05) is 62.1 Å². The van der Waals surface area contributed by atoms with Crippen molar-refractivity contribution < 1.29 is 9.21 Å². The lowest BCUT2D eigenvalue weighted by molar-refractivity contribution is 0.0697. The monoisotopic (exact) mass is 391 g/mol. The van der Waals surface area contributed by atoms with Crippen LogP contribution in [0.1, 0.15) is 59.3 Å². The largest absolute Gasteiger partial charge is 0.435 e. The highest BCUT2D eigenvalue weighted by atomic mass is 16.4. The van der Waals surface area contributed by atoms with Crippen LogP contribution in [0.2, 0.25) is 0 Å². The molecule has 7 nitrogen and oxygen atoms in total. The normalized spacial score (nSPS) is 16.2. The molecule has 1 atom stereocenters. The van der Waals surface area contributed by atoms with Gasteiger partial charge in [-0.05, 0) is 51.0 Å². The molecule has 3 aromatic rings. The van der Waals surface area contributed by atoms with Gasteiger partial charge in [0.05, 0.1) is 17.4 Å². The third kappa shape index (κ3) is 3.99. The second-order valence-corrected chi connectivity index (χ2v) is 7.27. The molecule has 1 amide bonds. The highest BCUT2D eigenvalue weighted by molar-refractivity contribution is 5.93.